The Hall–Kier alpha value is -3.07. The van der Waals surface area contributed by atoms with E-state index in [9.17, 15) is 0 Å². The fraction of sp³-hybridized carbons (Fsp3) is 0.414. The summed E-state index contributed by atoms with van der Waals surface area (Å²) in [4.78, 5) is 21.2. The molecule has 0 saturated carbocycles. The quantitative estimate of drug-likeness (QED) is 0.409. The fourth-order valence-corrected chi connectivity index (χ4v) is 6.55. The van der Waals surface area contributed by atoms with Crippen LogP contribution in [-0.2, 0) is 0 Å². The van der Waals surface area contributed by atoms with Crippen LogP contribution in [0.3, 0.4) is 0 Å². The van der Waals surface area contributed by atoms with E-state index in [0.29, 0.717) is 39.5 Å². The Kier molecular flexibility index (Phi) is 5.51. The summed E-state index contributed by atoms with van der Waals surface area (Å²) in [7, 11) is 4.18. The lowest BCUT2D eigenvalue weighted by molar-refractivity contribution is 0.132. The molecule has 2 bridgehead atoms. The number of hydrogen-bond donors (Lipinski definition) is 1. The third kappa shape index (κ3) is 3.73. The zero-order valence-corrected chi connectivity index (χ0v) is 22.6. The highest BCUT2D eigenvalue weighted by atomic mass is 35.5. The molecule has 0 amide bonds. The molecule has 9 heteroatoms. The number of nitrogens with one attached hydrogen (secondary N) is 1. The van der Waals surface area contributed by atoms with Crippen LogP contribution in [0.2, 0.25) is 5.02 Å². The summed E-state index contributed by atoms with van der Waals surface area (Å²) >= 11 is 6.59. The maximum Gasteiger partial charge on any atom is 0.228 e. The van der Waals surface area contributed by atoms with Gasteiger partial charge in [0, 0.05) is 60.4 Å². The maximum atomic E-state index is 16.5. The van der Waals surface area contributed by atoms with Gasteiger partial charge >= 0.3 is 0 Å². The molecule has 2 atom stereocenters. The molecular weight excluding hydrogens is 501 g/mol. The van der Waals surface area contributed by atoms with Crippen molar-refractivity contribution in [2.24, 2.45) is 0 Å². The van der Waals surface area contributed by atoms with E-state index in [4.69, 9.17) is 21.6 Å². The van der Waals surface area contributed by atoms with Crippen molar-refractivity contribution in [1.82, 2.24) is 25.2 Å². The largest absolute Gasteiger partial charge is 0.353 e. The van der Waals surface area contributed by atoms with Gasteiger partial charge in [-0.3, -0.25) is 4.98 Å². The van der Waals surface area contributed by atoms with E-state index in [0.717, 1.165) is 55.6 Å². The average molecular weight is 532 g/mol. The summed E-state index contributed by atoms with van der Waals surface area (Å²) in [6, 6.07) is 12.3. The molecule has 2 aromatic carbocycles. The van der Waals surface area contributed by atoms with Gasteiger partial charge in [-0.05, 0) is 45.3 Å². The monoisotopic (exact) mass is 531 g/mol. The average Bonchev–Trinajstić information content (AvgIpc) is 3.23. The van der Waals surface area contributed by atoms with Crippen molar-refractivity contribution in [3.8, 4) is 11.3 Å². The second-order valence-electron chi connectivity index (χ2n) is 11.5. The zero-order chi connectivity index (χ0) is 26.2. The van der Waals surface area contributed by atoms with E-state index in [1.165, 1.54) is 0 Å². The number of hydrogen-bond acceptors (Lipinski definition) is 7. The maximum absolute atomic E-state index is 16.5. The minimum atomic E-state index is -0.436. The van der Waals surface area contributed by atoms with Gasteiger partial charge in [-0.2, -0.15) is 4.98 Å². The number of pyridine rings is 1. The predicted molar refractivity (Wildman–Crippen MR) is 152 cm³/mol. The SMILES string of the molecule is CN(C)C1(C)CN(c2nc(N3CC4CCC(C3)N4)c3cnc(-c4cccc5cccc(Cl)c45)c(F)c3n2)C1. The summed E-state index contributed by atoms with van der Waals surface area (Å²) in [6.45, 7) is 5.50. The van der Waals surface area contributed by atoms with Crippen molar-refractivity contribution >= 4 is 45.0 Å². The van der Waals surface area contributed by atoms with Crippen molar-refractivity contribution in [2.75, 3.05) is 50.1 Å². The molecule has 3 fully saturated rings. The topological polar surface area (TPSA) is 60.4 Å². The van der Waals surface area contributed by atoms with Crippen LogP contribution in [0.5, 0.6) is 0 Å². The van der Waals surface area contributed by atoms with Crippen LogP contribution in [0, 0.1) is 5.82 Å². The van der Waals surface area contributed by atoms with Gasteiger partial charge in [-0.25, -0.2) is 9.37 Å². The van der Waals surface area contributed by atoms with Gasteiger partial charge in [0.1, 0.15) is 17.0 Å². The number of likely N-dealkylation sites (N-methyl/N-ethyl adjacent to an activating group) is 1. The molecule has 3 aliphatic heterocycles. The lowest BCUT2D eigenvalue weighted by Crippen LogP contribution is -2.67. The highest BCUT2D eigenvalue weighted by Crippen LogP contribution is 2.39. The zero-order valence-electron chi connectivity index (χ0n) is 21.9. The third-order valence-electron chi connectivity index (χ3n) is 8.70. The molecule has 0 aliphatic carbocycles. The first-order chi connectivity index (χ1) is 18.3. The number of benzene rings is 2. The molecular formula is C29H31ClFN7. The fourth-order valence-electron chi connectivity index (χ4n) is 6.26. The number of aromatic nitrogens is 3. The number of halogens is 2. The van der Waals surface area contributed by atoms with E-state index < -0.39 is 5.82 Å². The van der Waals surface area contributed by atoms with Gasteiger partial charge < -0.3 is 20.0 Å². The highest BCUT2D eigenvalue weighted by Gasteiger charge is 2.42. The van der Waals surface area contributed by atoms with Crippen LogP contribution in [0.4, 0.5) is 16.2 Å². The highest BCUT2D eigenvalue weighted by molar-refractivity contribution is 6.36. The number of piperazine rings is 1. The normalized spacial score (nSPS) is 22.5. The summed E-state index contributed by atoms with van der Waals surface area (Å²) in [6.07, 6.45) is 4.05. The molecule has 3 saturated heterocycles. The number of nitrogens with zero attached hydrogens (tertiary/aromatic N) is 6. The van der Waals surface area contributed by atoms with E-state index in [1.54, 1.807) is 6.20 Å². The van der Waals surface area contributed by atoms with Gasteiger partial charge in [-0.1, -0.05) is 41.9 Å². The van der Waals surface area contributed by atoms with E-state index in [2.05, 4.69) is 46.0 Å². The van der Waals surface area contributed by atoms with E-state index >= 15 is 4.39 Å². The smallest absolute Gasteiger partial charge is 0.228 e. The molecule has 196 valence electrons. The lowest BCUT2D eigenvalue weighted by atomic mass is 9.91. The van der Waals surface area contributed by atoms with Crippen LogP contribution in [0.15, 0.2) is 42.6 Å². The minimum Gasteiger partial charge on any atom is -0.353 e. The second kappa shape index (κ2) is 8.73. The Morgan fingerprint density at radius 3 is 2.45 bits per heavy atom. The van der Waals surface area contributed by atoms with Gasteiger partial charge in [0.25, 0.3) is 0 Å². The first-order valence-corrected chi connectivity index (χ1v) is 13.7. The number of fused-ring (bicyclic) bond motifs is 4. The standard InChI is InChI=1S/C29H31ClFN7/c1-29(36(2)3)15-38(16-29)28-34-26-21(27(35-28)37-13-18-10-11-19(14-37)33-18)12-32-25(24(26)31)20-8-4-6-17-7-5-9-22(30)23(17)20/h4-9,12,18-19,33H,10-11,13-16H2,1-3H3. The van der Waals surface area contributed by atoms with Crippen LogP contribution in [0.1, 0.15) is 19.8 Å². The molecule has 7 nitrogen and oxygen atoms in total. The molecule has 7 rings (SSSR count). The van der Waals surface area contributed by atoms with Gasteiger partial charge in [0.2, 0.25) is 5.95 Å². The third-order valence-corrected chi connectivity index (χ3v) is 9.02. The van der Waals surface area contributed by atoms with Crippen LogP contribution < -0.4 is 15.1 Å². The lowest BCUT2D eigenvalue weighted by Gasteiger charge is -2.52. The van der Waals surface area contributed by atoms with Crippen LogP contribution in [-0.4, -0.2) is 77.7 Å². The second-order valence-corrected chi connectivity index (χ2v) is 11.9. The molecule has 3 aliphatic rings. The van der Waals surface area contributed by atoms with Crippen molar-refractivity contribution in [3.05, 3.63) is 53.4 Å². The van der Waals surface area contributed by atoms with Crippen molar-refractivity contribution in [2.45, 2.75) is 37.4 Å². The van der Waals surface area contributed by atoms with E-state index in [-0.39, 0.29) is 11.2 Å². The van der Waals surface area contributed by atoms with E-state index in [1.807, 2.05) is 36.4 Å². The molecule has 0 spiro atoms. The van der Waals surface area contributed by atoms with Crippen molar-refractivity contribution in [3.63, 3.8) is 0 Å². The Morgan fingerprint density at radius 1 is 1.03 bits per heavy atom. The van der Waals surface area contributed by atoms with Crippen molar-refractivity contribution in [1.29, 1.82) is 0 Å². The van der Waals surface area contributed by atoms with Gasteiger partial charge in [-0.15, -0.1) is 0 Å². The number of rotatable bonds is 4. The molecule has 5 heterocycles. The summed E-state index contributed by atoms with van der Waals surface area (Å²) in [5, 5.41) is 6.64. The summed E-state index contributed by atoms with van der Waals surface area (Å²) in [5.41, 5.74) is 1.27. The molecule has 0 radical (unpaired) electrons. The molecule has 2 aromatic heterocycles. The Labute approximate surface area is 226 Å². The Bertz CT molecular complexity index is 1550. The molecule has 2 unspecified atom stereocenters. The van der Waals surface area contributed by atoms with Crippen LogP contribution >= 0.6 is 11.6 Å². The first-order valence-electron chi connectivity index (χ1n) is 13.3. The van der Waals surface area contributed by atoms with Gasteiger partial charge in [0.05, 0.1) is 10.9 Å². The molecule has 38 heavy (non-hydrogen) atoms. The first kappa shape index (κ1) is 24.0. The minimum absolute atomic E-state index is 0.0360. The summed E-state index contributed by atoms with van der Waals surface area (Å²) in [5.74, 6) is 0.911. The Morgan fingerprint density at radius 2 is 1.74 bits per heavy atom. The van der Waals surface area contributed by atoms with Gasteiger partial charge in [0.15, 0.2) is 5.82 Å². The molecule has 4 aromatic rings. The Balaban J connectivity index is 1.40. The van der Waals surface area contributed by atoms with Crippen molar-refractivity contribution < 1.29 is 4.39 Å². The summed E-state index contributed by atoms with van der Waals surface area (Å²) < 4.78 is 16.5. The predicted octanol–water partition coefficient (Wildman–Crippen LogP) is 4.72. The number of anilines is 2. The van der Waals surface area contributed by atoms with Crippen LogP contribution in [0.25, 0.3) is 32.9 Å². The molecule has 1 N–H and O–H groups in total.